The first-order valence-corrected chi connectivity index (χ1v) is 8.50. The normalized spacial score (nSPS) is 14.5. The van der Waals surface area contributed by atoms with E-state index in [1.54, 1.807) is 17.6 Å². The largest absolute Gasteiger partial charge is 0.378 e. The molecule has 0 unspecified atom stereocenters. The minimum atomic E-state index is -0.688. The van der Waals surface area contributed by atoms with Gasteiger partial charge in [0.1, 0.15) is 5.69 Å². The molecule has 1 saturated heterocycles. The van der Waals surface area contributed by atoms with Crippen LogP contribution in [0.25, 0.3) is 0 Å². The molecule has 0 saturated carbocycles. The van der Waals surface area contributed by atoms with Gasteiger partial charge in [-0.05, 0) is 18.2 Å². The van der Waals surface area contributed by atoms with Crippen molar-refractivity contribution in [2.45, 2.75) is 0 Å². The predicted octanol–water partition coefficient (Wildman–Crippen LogP) is 2.85. The number of benzene rings is 1. The standard InChI is InChI=1S/C15H15N5O5S/c21-19(22)11-1-3-13(14(9-11)20(23)24)17-16-10-12-2-4-15(26-12)18-5-7-25-8-6-18/h1-4,9-10,17H,5-8H2/b16-10+. The summed E-state index contributed by atoms with van der Waals surface area (Å²) in [7, 11) is 0. The number of nitrogens with zero attached hydrogens (tertiary/aromatic N) is 4. The quantitative estimate of drug-likeness (QED) is 0.466. The van der Waals surface area contributed by atoms with Crippen molar-refractivity contribution >= 4 is 39.6 Å². The molecule has 0 aliphatic carbocycles. The maximum absolute atomic E-state index is 11.1. The zero-order valence-electron chi connectivity index (χ0n) is 13.5. The van der Waals surface area contributed by atoms with Gasteiger partial charge in [-0.15, -0.1) is 11.3 Å². The number of rotatable bonds is 6. The summed E-state index contributed by atoms with van der Waals surface area (Å²) in [6, 6.07) is 7.25. The first-order chi connectivity index (χ1) is 12.5. The molecule has 2 aromatic rings. The zero-order chi connectivity index (χ0) is 18.5. The van der Waals surface area contributed by atoms with Gasteiger partial charge in [0.15, 0.2) is 0 Å². The number of nitro groups is 2. The third-order valence-corrected chi connectivity index (χ3v) is 4.78. The van der Waals surface area contributed by atoms with Crippen molar-refractivity contribution in [2.75, 3.05) is 36.6 Å². The van der Waals surface area contributed by atoms with E-state index in [1.165, 1.54) is 12.1 Å². The predicted molar refractivity (Wildman–Crippen MR) is 98.3 cm³/mol. The first kappa shape index (κ1) is 17.8. The maximum atomic E-state index is 11.1. The number of thiophene rings is 1. The highest BCUT2D eigenvalue weighted by atomic mass is 32.1. The number of hydrazone groups is 1. The van der Waals surface area contributed by atoms with Gasteiger partial charge in [-0.1, -0.05) is 0 Å². The van der Waals surface area contributed by atoms with Gasteiger partial charge in [-0.3, -0.25) is 25.7 Å². The Balaban J connectivity index is 1.69. The molecule has 0 bridgehead atoms. The van der Waals surface area contributed by atoms with Crippen LogP contribution in [0.4, 0.5) is 22.1 Å². The third-order valence-electron chi connectivity index (χ3n) is 3.70. The lowest BCUT2D eigenvalue weighted by Gasteiger charge is -2.27. The summed E-state index contributed by atoms with van der Waals surface area (Å²) in [5.74, 6) is 0. The average molecular weight is 377 g/mol. The Kier molecular flexibility index (Phi) is 5.39. The first-order valence-electron chi connectivity index (χ1n) is 7.69. The fourth-order valence-electron chi connectivity index (χ4n) is 2.41. The van der Waals surface area contributed by atoms with Gasteiger partial charge in [-0.25, -0.2) is 0 Å². The topological polar surface area (TPSA) is 123 Å². The number of nitro benzene ring substituents is 2. The van der Waals surface area contributed by atoms with Gasteiger partial charge in [0.2, 0.25) is 0 Å². The molecule has 1 aliphatic heterocycles. The Labute approximate surface area is 152 Å². The number of nitrogens with one attached hydrogen (secondary N) is 1. The van der Waals surface area contributed by atoms with Crippen LogP contribution in [-0.4, -0.2) is 42.4 Å². The molecule has 11 heteroatoms. The van der Waals surface area contributed by atoms with Crippen LogP contribution in [0.5, 0.6) is 0 Å². The second-order valence-electron chi connectivity index (χ2n) is 5.36. The Morgan fingerprint density at radius 3 is 2.62 bits per heavy atom. The summed E-state index contributed by atoms with van der Waals surface area (Å²) < 4.78 is 5.33. The van der Waals surface area contributed by atoms with Crippen LogP contribution in [-0.2, 0) is 4.74 Å². The van der Waals surface area contributed by atoms with E-state index in [4.69, 9.17) is 4.74 Å². The molecule has 1 N–H and O–H groups in total. The number of ether oxygens (including phenoxy) is 1. The summed E-state index contributed by atoms with van der Waals surface area (Å²) in [5, 5.41) is 26.9. The summed E-state index contributed by atoms with van der Waals surface area (Å²) >= 11 is 1.55. The number of anilines is 2. The summed E-state index contributed by atoms with van der Waals surface area (Å²) in [5.41, 5.74) is 1.91. The van der Waals surface area contributed by atoms with Crippen LogP contribution >= 0.6 is 11.3 Å². The van der Waals surface area contributed by atoms with Crippen molar-refractivity contribution in [3.05, 3.63) is 55.4 Å². The molecule has 10 nitrogen and oxygen atoms in total. The van der Waals surface area contributed by atoms with Gasteiger partial charge in [0, 0.05) is 24.0 Å². The smallest absolute Gasteiger partial charge is 0.301 e. The van der Waals surface area contributed by atoms with Crippen LogP contribution in [0.15, 0.2) is 35.4 Å². The highest BCUT2D eigenvalue weighted by Gasteiger charge is 2.19. The summed E-state index contributed by atoms with van der Waals surface area (Å²) in [6.07, 6.45) is 1.56. The lowest BCUT2D eigenvalue weighted by Crippen LogP contribution is -2.35. The van der Waals surface area contributed by atoms with E-state index in [0.29, 0.717) is 13.2 Å². The van der Waals surface area contributed by atoms with Gasteiger partial charge in [0.25, 0.3) is 5.69 Å². The second-order valence-corrected chi connectivity index (χ2v) is 6.45. The molecule has 0 amide bonds. The molecule has 0 atom stereocenters. The van der Waals surface area contributed by atoms with Crippen LogP contribution in [0.2, 0.25) is 0 Å². The number of non-ortho nitro benzene ring substituents is 1. The van der Waals surface area contributed by atoms with E-state index in [2.05, 4.69) is 15.4 Å². The average Bonchev–Trinajstić information content (AvgIpc) is 3.11. The molecule has 1 aromatic heterocycles. The maximum Gasteiger partial charge on any atom is 0.301 e. The molecular formula is C15H15N5O5S. The Morgan fingerprint density at radius 1 is 1.15 bits per heavy atom. The van der Waals surface area contributed by atoms with E-state index in [1.807, 2.05) is 12.1 Å². The van der Waals surface area contributed by atoms with Crippen molar-refractivity contribution < 1.29 is 14.6 Å². The van der Waals surface area contributed by atoms with E-state index in [9.17, 15) is 20.2 Å². The molecule has 1 fully saturated rings. The van der Waals surface area contributed by atoms with Gasteiger partial charge in [0.05, 0.1) is 40.3 Å². The van der Waals surface area contributed by atoms with Gasteiger partial charge < -0.3 is 9.64 Å². The van der Waals surface area contributed by atoms with E-state index < -0.39 is 15.5 Å². The van der Waals surface area contributed by atoms with Crippen LogP contribution in [0.1, 0.15) is 4.88 Å². The minimum absolute atomic E-state index is 0.0850. The molecule has 3 rings (SSSR count). The minimum Gasteiger partial charge on any atom is -0.378 e. The molecule has 26 heavy (non-hydrogen) atoms. The number of morpholine rings is 1. The van der Waals surface area contributed by atoms with Gasteiger partial charge >= 0.3 is 5.69 Å². The Bertz CT molecular complexity index is 847. The lowest BCUT2D eigenvalue weighted by atomic mass is 10.2. The SMILES string of the molecule is O=[N+]([O-])c1ccc(N/N=C/c2ccc(N3CCOCC3)s2)c([N+](=O)[O-])c1. The summed E-state index contributed by atoms with van der Waals surface area (Å²) in [6.45, 7) is 3.08. The molecule has 136 valence electrons. The van der Waals surface area contributed by atoms with E-state index >= 15 is 0 Å². The van der Waals surface area contributed by atoms with Crippen molar-refractivity contribution in [1.29, 1.82) is 0 Å². The van der Waals surface area contributed by atoms with Crippen molar-refractivity contribution in [3.8, 4) is 0 Å². The molecular weight excluding hydrogens is 362 g/mol. The molecule has 1 aliphatic rings. The zero-order valence-corrected chi connectivity index (χ0v) is 14.3. The van der Waals surface area contributed by atoms with Crippen LogP contribution in [0, 0.1) is 20.2 Å². The van der Waals surface area contributed by atoms with Crippen LogP contribution < -0.4 is 10.3 Å². The summed E-state index contributed by atoms with van der Waals surface area (Å²) in [4.78, 5) is 23.6. The molecule has 0 spiro atoms. The molecule has 2 heterocycles. The highest BCUT2D eigenvalue weighted by Crippen LogP contribution is 2.29. The number of hydrogen-bond donors (Lipinski definition) is 1. The monoisotopic (exact) mass is 377 g/mol. The van der Waals surface area contributed by atoms with Gasteiger partial charge in [-0.2, -0.15) is 5.10 Å². The molecule has 0 radical (unpaired) electrons. The Morgan fingerprint density at radius 2 is 1.92 bits per heavy atom. The fraction of sp³-hybridized carbons (Fsp3) is 0.267. The van der Waals surface area contributed by atoms with E-state index in [0.717, 1.165) is 29.0 Å². The Hall–Kier alpha value is -3.05. The van der Waals surface area contributed by atoms with E-state index in [-0.39, 0.29) is 11.4 Å². The molecule has 1 aromatic carbocycles. The fourth-order valence-corrected chi connectivity index (χ4v) is 3.34. The van der Waals surface area contributed by atoms with Crippen molar-refractivity contribution in [2.24, 2.45) is 5.10 Å². The lowest BCUT2D eigenvalue weighted by molar-refractivity contribution is -0.393. The number of hydrogen-bond acceptors (Lipinski definition) is 9. The van der Waals surface area contributed by atoms with Crippen LogP contribution in [0.3, 0.4) is 0 Å². The highest BCUT2D eigenvalue weighted by molar-refractivity contribution is 7.17. The third kappa shape index (κ3) is 4.13. The second kappa shape index (κ2) is 7.89. The van der Waals surface area contributed by atoms with Crippen molar-refractivity contribution in [1.82, 2.24) is 0 Å². The van der Waals surface area contributed by atoms with Crippen molar-refractivity contribution in [3.63, 3.8) is 0 Å².